The molecular weight excluding hydrogens is 98.1 g/mol. The van der Waals surface area contributed by atoms with Gasteiger partial charge in [0, 0.05) is 5.54 Å². The van der Waals surface area contributed by atoms with Crippen LogP contribution in [0.4, 0.5) is 0 Å². The van der Waals surface area contributed by atoms with E-state index in [9.17, 15) is 0 Å². The third kappa shape index (κ3) is 0.278. The van der Waals surface area contributed by atoms with Gasteiger partial charge in [0.15, 0.2) is 0 Å². The highest BCUT2D eigenvalue weighted by atomic mass is 14.9. The number of rotatable bonds is 0. The van der Waals surface area contributed by atoms with Gasteiger partial charge >= 0.3 is 0 Å². The van der Waals surface area contributed by atoms with E-state index in [1.54, 1.807) is 0 Å². The average Bonchev–Trinajstić information content (AvgIpc) is 1.81. The van der Waals surface area contributed by atoms with Crippen molar-refractivity contribution in [3.63, 3.8) is 0 Å². The molecule has 1 heteroatoms. The van der Waals surface area contributed by atoms with Gasteiger partial charge in [-0.3, -0.25) is 0 Å². The molecule has 0 atom stereocenters. The molecule has 1 nitrogen and oxygen atoms in total. The van der Waals surface area contributed by atoms with Crippen molar-refractivity contribution < 1.29 is 0 Å². The van der Waals surface area contributed by atoms with Gasteiger partial charge in [0.05, 0.1) is 0 Å². The van der Waals surface area contributed by atoms with Gasteiger partial charge in [0.25, 0.3) is 0 Å². The standard InChI is InChI=1S/C7H13N/c1-6-2-4-7(6,8)5-3-6/h2-5,8H2,1H3. The van der Waals surface area contributed by atoms with Gasteiger partial charge in [-0.15, -0.1) is 0 Å². The Morgan fingerprint density at radius 1 is 1.12 bits per heavy atom. The van der Waals surface area contributed by atoms with E-state index in [1.807, 2.05) is 0 Å². The lowest BCUT2D eigenvalue weighted by molar-refractivity contribution is -0.0859. The molecule has 0 aromatic rings. The van der Waals surface area contributed by atoms with Crippen molar-refractivity contribution in [3.8, 4) is 0 Å². The topological polar surface area (TPSA) is 26.0 Å². The molecule has 2 aliphatic rings. The highest BCUT2D eigenvalue weighted by Crippen LogP contribution is 2.61. The molecule has 0 radical (unpaired) electrons. The van der Waals surface area contributed by atoms with E-state index in [-0.39, 0.29) is 0 Å². The van der Waals surface area contributed by atoms with Gasteiger partial charge in [0.1, 0.15) is 0 Å². The molecule has 0 saturated heterocycles. The number of hydrogen-bond acceptors (Lipinski definition) is 1. The van der Waals surface area contributed by atoms with Gasteiger partial charge in [-0.2, -0.15) is 0 Å². The fourth-order valence-electron chi connectivity index (χ4n) is 2.00. The maximum atomic E-state index is 5.99. The Morgan fingerprint density at radius 2 is 1.50 bits per heavy atom. The molecule has 2 saturated carbocycles. The predicted molar refractivity (Wildman–Crippen MR) is 33.5 cm³/mol. The summed E-state index contributed by atoms with van der Waals surface area (Å²) in [6.45, 7) is 2.32. The van der Waals surface area contributed by atoms with Gasteiger partial charge in [-0.25, -0.2) is 0 Å². The molecule has 46 valence electrons. The fourth-order valence-corrected chi connectivity index (χ4v) is 2.00. The molecular formula is C7H13N. The molecule has 0 aromatic carbocycles. The fraction of sp³-hybridized carbons (Fsp3) is 1.00. The lowest BCUT2D eigenvalue weighted by Crippen LogP contribution is -2.69. The summed E-state index contributed by atoms with van der Waals surface area (Å²) in [6.07, 6.45) is 5.32. The Kier molecular flexibility index (Phi) is 0.583. The Hall–Kier alpha value is -0.0400. The van der Waals surface area contributed by atoms with Crippen LogP contribution in [0.15, 0.2) is 0 Å². The maximum Gasteiger partial charge on any atom is 0.0209 e. The lowest BCUT2D eigenvalue weighted by atomic mass is 9.44. The highest BCUT2D eigenvalue weighted by Gasteiger charge is 2.59. The first-order valence-electron chi connectivity index (χ1n) is 3.45. The van der Waals surface area contributed by atoms with E-state index in [0.29, 0.717) is 11.0 Å². The first-order valence-corrected chi connectivity index (χ1v) is 3.45. The smallest absolute Gasteiger partial charge is 0.0209 e. The number of hydrogen-bond donors (Lipinski definition) is 1. The van der Waals surface area contributed by atoms with Crippen LogP contribution in [0.25, 0.3) is 0 Å². The van der Waals surface area contributed by atoms with E-state index in [0.717, 1.165) is 0 Å². The van der Waals surface area contributed by atoms with Crippen molar-refractivity contribution in [2.75, 3.05) is 0 Å². The summed E-state index contributed by atoms with van der Waals surface area (Å²) in [5.41, 5.74) is 6.86. The van der Waals surface area contributed by atoms with E-state index in [4.69, 9.17) is 5.73 Å². The van der Waals surface area contributed by atoms with Crippen LogP contribution in [0.5, 0.6) is 0 Å². The number of nitrogens with two attached hydrogens (primary N) is 1. The van der Waals surface area contributed by atoms with Crippen molar-refractivity contribution in [2.24, 2.45) is 11.1 Å². The second kappa shape index (κ2) is 0.971. The van der Waals surface area contributed by atoms with Crippen LogP contribution >= 0.6 is 0 Å². The van der Waals surface area contributed by atoms with E-state index in [2.05, 4.69) is 6.92 Å². The van der Waals surface area contributed by atoms with Crippen molar-refractivity contribution in [2.45, 2.75) is 38.1 Å². The quantitative estimate of drug-likeness (QED) is 0.500. The largest absolute Gasteiger partial charge is 0.325 e. The normalized spacial score (nSPS) is 60.8. The first-order chi connectivity index (χ1) is 3.66. The predicted octanol–water partition coefficient (Wildman–Crippen LogP) is 1.28. The molecule has 8 heavy (non-hydrogen) atoms. The van der Waals surface area contributed by atoms with Crippen molar-refractivity contribution >= 4 is 0 Å². The third-order valence-corrected chi connectivity index (χ3v) is 3.45. The van der Waals surface area contributed by atoms with Crippen molar-refractivity contribution in [1.29, 1.82) is 0 Å². The molecule has 2 aliphatic carbocycles. The minimum Gasteiger partial charge on any atom is -0.325 e. The van der Waals surface area contributed by atoms with Gasteiger partial charge < -0.3 is 5.73 Å². The summed E-state index contributed by atoms with van der Waals surface area (Å²) >= 11 is 0. The molecule has 2 rings (SSSR count). The molecule has 0 aromatic heterocycles. The van der Waals surface area contributed by atoms with Gasteiger partial charge in [-0.05, 0) is 31.1 Å². The molecule has 2 fully saturated rings. The van der Waals surface area contributed by atoms with Crippen LogP contribution in [0.2, 0.25) is 0 Å². The molecule has 0 spiro atoms. The van der Waals surface area contributed by atoms with E-state index < -0.39 is 0 Å². The SMILES string of the molecule is CC12CCC1(N)CC2. The van der Waals surface area contributed by atoms with Crippen molar-refractivity contribution in [1.82, 2.24) is 0 Å². The third-order valence-electron chi connectivity index (χ3n) is 3.45. The lowest BCUT2D eigenvalue weighted by Gasteiger charge is -2.65. The van der Waals surface area contributed by atoms with Crippen LogP contribution in [0.3, 0.4) is 0 Å². The van der Waals surface area contributed by atoms with Crippen LogP contribution < -0.4 is 5.73 Å². The monoisotopic (exact) mass is 111 g/mol. The Labute approximate surface area is 50.3 Å². The zero-order chi connectivity index (χ0) is 5.83. The van der Waals surface area contributed by atoms with Crippen LogP contribution in [-0.2, 0) is 0 Å². The Balaban J connectivity index is 2.22. The van der Waals surface area contributed by atoms with Crippen LogP contribution in [0, 0.1) is 5.41 Å². The molecule has 2 N–H and O–H groups in total. The summed E-state index contributed by atoms with van der Waals surface area (Å²) in [5, 5.41) is 0. The summed E-state index contributed by atoms with van der Waals surface area (Å²) in [4.78, 5) is 0. The van der Waals surface area contributed by atoms with E-state index >= 15 is 0 Å². The zero-order valence-corrected chi connectivity index (χ0v) is 5.41. The van der Waals surface area contributed by atoms with Gasteiger partial charge in [-0.1, -0.05) is 6.92 Å². The Morgan fingerprint density at radius 3 is 1.50 bits per heavy atom. The van der Waals surface area contributed by atoms with Crippen LogP contribution in [0.1, 0.15) is 32.6 Å². The number of fused-ring (bicyclic) bond motifs is 1. The molecule has 0 aliphatic heterocycles. The Bertz CT molecular complexity index is 104. The van der Waals surface area contributed by atoms with Crippen LogP contribution in [-0.4, -0.2) is 5.54 Å². The minimum atomic E-state index is 0.299. The summed E-state index contributed by atoms with van der Waals surface area (Å²) in [5.74, 6) is 0. The first kappa shape index (κ1) is 4.80. The maximum absolute atomic E-state index is 5.99. The zero-order valence-electron chi connectivity index (χ0n) is 5.41. The van der Waals surface area contributed by atoms with Crippen molar-refractivity contribution in [3.05, 3.63) is 0 Å². The molecule has 0 heterocycles. The summed E-state index contributed by atoms with van der Waals surface area (Å²) < 4.78 is 0. The average molecular weight is 111 g/mol. The summed E-state index contributed by atoms with van der Waals surface area (Å²) in [6, 6.07) is 0. The molecule has 0 amide bonds. The molecule has 0 unspecified atom stereocenters. The highest BCUT2D eigenvalue weighted by molar-refractivity contribution is 5.16. The minimum absolute atomic E-state index is 0.299. The second-order valence-corrected chi connectivity index (χ2v) is 3.72. The van der Waals surface area contributed by atoms with Gasteiger partial charge in [0.2, 0.25) is 0 Å². The second-order valence-electron chi connectivity index (χ2n) is 3.72. The van der Waals surface area contributed by atoms with E-state index in [1.165, 1.54) is 25.7 Å². The summed E-state index contributed by atoms with van der Waals surface area (Å²) in [7, 11) is 0. The molecule has 0 bridgehead atoms.